The highest BCUT2D eigenvalue weighted by molar-refractivity contribution is 9.10. The highest BCUT2D eigenvalue weighted by atomic mass is 79.9. The van der Waals surface area contributed by atoms with Crippen LogP contribution >= 0.6 is 15.9 Å². The van der Waals surface area contributed by atoms with Gasteiger partial charge in [-0.05, 0) is 35.9 Å². The minimum absolute atomic E-state index is 0.536. The number of hydrogen-bond acceptors (Lipinski definition) is 1. The van der Waals surface area contributed by atoms with Crippen LogP contribution in [0.3, 0.4) is 0 Å². The van der Waals surface area contributed by atoms with Crippen LogP contribution in [0.2, 0.25) is 0 Å². The van der Waals surface area contributed by atoms with E-state index >= 15 is 0 Å². The lowest BCUT2D eigenvalue weighted by Gasteiger charge is -2.00. The van der Waals surface area contributed by atoms with E-state index in [-0.39, 0.29) is 0 Å². The zero-order valence-corrected chi connectivity index (χ0v) is 11.3. The van der Waals surface area contributed by atoms with Crippen LogP contribution in [-0.2, 0) is 0 Å². The third kappa shape index (κ3) is 3.15. The normalized spacial score (nSPS) is 10.9. The number of carbonyl (C=O) groups is 1. The number of rotatable bonds is 3. The molecule has 0 heterocycles. The first kappa shape index (κ1) is 13.6. The Balaban J connectivity index is 2.30. The Kier molecular flexibility index (Phi) is 4.22. The first-order valence-electron chi connectivity index (χ1n) is 5.50. The molecule has 0 N–H and O–H groups in total. The lowest BCUT2D eigenvalue weighted by Crippen LogP contribution is -2.02. The molecule has 0 atom stereocenters. The van der Waals surface area contributed by atoms with E-state index in [1.165, 1.54) is 12.1 Å². The lowest BCUT2D eigenvalue weighted by atomic mass is 10.1. The summed E-state index contributed by atoms with van der Waals surface area (Å²) in [4.78, 5) is 11.8. The van der Waals surface area contributed by atoms with Crippen LogP contribution in [0, 0.1) is 11.6 Å². The second kappa shape index (κ2) is 5.89. The summed E-state index contributed by atoms with van der Waals surface area (Å²) < 4.78 is 27.6. The van der Waals surface area contributed by atoms with Crippen LogP contribution < -0.4 is 0 Å². The van der Waals surface area contributed by atoms with Gasteiger partial charge in [0.25, 0.3) is 0 Å². The Bertz CT molecular complexity index is 630. The summed E-state index contributed by atoms with van der Waals surface area (Å²) in [5.74, 6) is -2.42. The summed E-state index contributed by atoms with van der Waals surface area (Å²) in [6, 6.07) is 10.6. The fourth-order valence-corrected chi connectivity index (χ4v) is 2.01. The molecule has 0 bridgehead atoms. The van der Waals surface area contributed by atoms with Gasteiger partial charge >= 0.3 is 0 Å². The number of halogens is 3. The van der Waals surface area contributed by atoms with E-state index in [1.54, 1.807) is 12.1 Å². The maximum absolute atomic E-state index is 13.4. The van der Waals surface area contributed by atoms with Crippen molar-refractivity contribution in [3.05, 3.63) is 75.8 Å². The van der Waals surface area contributed by atoms with Gasteiger partial charge < -0.3 is 0 Å². The van der Waals surface area contributed by atoms with Crippen LogP contribution in [0.1, 0.15) is 15.9 Å². The molecule has 0 amide bonds. The first-order valence-corrected chi connectivity index (χ1v) is 6.30. The van der Waals surface area contributed by atoms with Crippen LogP contribution in [0.4, 0.5) is 8.78 Å². The molecule has 4 heteroatoms. The molecule has 0 aliphatic rings. The average Bonchev–Trinajstić information content (AvgIpc) is 2.37. The summed E-state index contributed by atoms with van der Waals surface area (Å²) in [5, 5.41) is 0. The monoisotopic (exact) mass is 322 g/mol. The molecule has 19 heavy (non-hydrogen) atoms. The molecule has 0 fully saturated rings. The van der Waals surface area contributed by atoms with Gasteiger partial charge in [0, 0.05) is 4.47 Å². The van der Waals surface area contributed by atoms with E-state index < -0.39 is 23.0 Å². The zero-order valence-electron chi connectivity index (χ0n) is 9.74. The topological polar surface area (TPSA) is 17.1 Å². The molecule has 96 valence electrons. The van der Waals surface area contributed by atoms with Gasteiger partial charge in [0.1, 0.15) is 11.6 Å². The SMILES string of the molecule is O=C(/C=C/c1ccccc1Br)c1c(F)cccc1F. The molecule has 2 aromatic carbocycles. The maximum atomic E-state index is 13.4. The summed E-state index contributed by atoms with van der Waals surface area (Å²) >= 11 is 3.32. The van der Waals surface area contributed by atoms with Crippen molar-refractivity contribution in [2.45, 2.75) is 0 Å². The van der Waals surface area contributed by atoms with Gasteiger partial charge in [0.05, 0.1) is 5.56 Å². The summed E-state index contributed by atoms with van der Waals surface area (Å²) in [5.41, 5.74) is 0.221. The summed E-state index contributed by atoms with van der Waals surface area (Å²) in [6.07, 6.45) is 2.67. The Morgan fingerprint density at radius 3 is 2.26 bits per heavy atom. The van der Waals surface area contributed by atoms with Crippen molar-refractivity contribution in [3.63, 3.8) is 0 Å². The molecule has 0 aliphatic carbocycles. The molecule has 0 radical (unpaired) electrons. The van der Waals surface area contributed by atoms with E-state index in [2.05, 4.69) is 15.9 Å². The van der Waals surface area contributed by atoms with Crippen molar-refractivity contribution in [3.8, 4) is 0 Å². The predicted octanol–water partition coefficient (Wildman–Crippen LogP) is 4.62. The molecule has 0 spiro atoms. The smallest absolute Gasteiger partial charge is 0.191 e. The fourth-order valence-electron chi connectivity index (χ4n) is 1.59. The number of ketones is 1. The van der Waals surface area contributed by atoms with Crippen molar-refractivity contribution in [1.29, 1.82) is 0 Å². The van der Waals surface area contributed by atoms with Crippen LogP contribution in [0.15, 0.2) is 53.0 Å². The van der Waals surface area contributed by atoms with Gasteiger partial charge in [-0.3, -0.25) is 4.79 Å². The summed E-state index contributed by atoms with van der Waals surface area (Å²) in [6.45, 7) is 0. The van der Waals surface area contributed by atoms with Crippen LogP contribution in [0.25, 0.3) is 6.08 Å². The predicted molar refractivity (Wildman–Crippen MR) is 73.9 cm³/mol. The molecule has 1 nitrogen and oxygen atoms in total. The van der Waals surface area contributed by atoms with Gasteiger partial charge in [0.2, 0.25) is 0 Å². The Morgan fingerprint density at radius 2 is 1.63 bits per heavy atom. The molecular formula is C15H9BrF2O. The van der Waals surface area contributed by atoms with Crippen molar-refractivity contribution in [2.24, 2.45) is 0 Å². The average molecular weight is 323 g/mol. The highest BCUT2D eigenvalue weighted by Crippen LogP contribution is 2.18. The molecule has 2 aromatic rings. The number of carbonyl (C=O) groups excluding carboxylic acids is 1. The van der Waals surface area contributed by atoms with Gasteiger partial charge in [0.15, 0.2) is 5.78 Å². The van der Waals surface area contributed by atoms with Gasteiger partial charge in [-0.15, -0.1) is 0 Å². The third-order valence-electron chi connectivity index (χ3n) is 2.53. The van der Waals surface area contributed by atoms with E-state index in [1.807, 2.05) is 12.1 Å². The largest absolute Gasteiger partial charge is 0.289 e. The second-order valence-electron chi connectivity index (χ2n) is 3.82. The zero-order chi connectivity index (χ0) is 13.8. The van der Waals surface area contributed by atoms with Crippen molar-refractivity contribution in [1.82, 2.24) is 0 Å². The quantitative estimate of drug-likeness (QED) is 0.595. The Hall–Kier alpha value is -1.81. The van der Waals surface area contributed by atoms with Crippen molar-refractivity contribution >= 4 is 27.8 Å². The number of allylic oxidation sites excluding steroid dienone is 1. The van der Waals surface area contributed by atoms with Gasteiger partial charge in [-0.2, -0.15) is 0 Å². The minimum atomic E-state index is -0.859. The highest BCUT2D eigenvalue weighted by Gasteiger charge is 2.14. The maximum Gasteiger partial charge on any atom is 0.191 e. The second-order valence-corrected chi connectivity index (χ2v) is 4.67. The third-order valence-corrected chi connectivity index (χ3v) is 3.25. The molecule has 0 saturated carbocycles. The molecular weight excluding hydrogens is 314 g/mol. The van der Waals surface area contributed by atoms with E-state index in [4.69, 9.17) is 0 Å². The molecule has 0 aromatic heterocycles. The van der Waals surface area contributed by atoms with E-state index in [0.717, 1.165) is 28.2 Å². The minimum Gasteiger partial charge on any atom is -0.289 e. The lowest BCUT2D eigenvalue weighted by molar-refractivity contribution is 0.104. The van der Waals surface area contributed by atoms with Gasteiger partial charge in [-0.1, -0.05) is 40.2 Å². The van der Waals surface area contributed by atoms with Crippen molar-refractivity contribution < 1.29 is 13.6 Å². The van der Waals surface area contributed by atoms with Crippen LogP contribution in [0.5, 0.6) is 0 Å². The Morgan fingerprint density at radius 1 is 1.00 bits per heavy atom. The molecule has 0 aliphatic heterocycles. The molecule has 0 unspecified atom stereocenters. The first-order chi connectivity index (χ1) is 9.09. The van der Waals surface area contributed by atoms with Gasteiger partial charge in [-0.25, -0.2) is 8.78 Å². The Labute approximate surface area is 117 Å². The number of hydrogen-bond donors (Lipinski definition) is 0. The van der Waals surface area contributed by atoms with E-state index in [9.17, 15) is 13.6 Å². The number of benzene rings is 2. The molecule has 2 rings (SSSR count). The van der Waals surface area contributed by atoms with Crippen molar-refractivity contribution in [2.75, 3.05) is 0 Å². The van der Waals surface area contributed by atoms with Crippen LogP contribution in [-0.4, -0.2) is 5.78 Å². The standard InChI is InChI=1S/C15H9BrF2O/c16-11-5-2-1-4-10(11)8-9-14(19)15-12(17)6-3-7-13(15)18/h1-9H/b9-8+. The molecule has 0 saturated heterocycles. The van der Waals surface area contributed by atoms with E-state index in [0.29, 0.717) is 0 Å². The fraction of sp³-hybridized carbons (Fsp3) is 0. The summed E-state index contributed by atoms with van der Waals surface area (Å²) in [7, 11) is 0.